The highest BCUT2D eigenvalue weighted by Crippen LogP contribution is 2.27. The fraction of sp³-hybridized carbons (Fsp3) is 0.294. The minimum Gasteiger partial charge on any atom is -0.378 e. The summed E-state index contributed by atoms with van der Waals surface area (Å²) in [4.78, 5) is 11.3. The highest BCUT2D eigenvalue weighted by atomic mass is 16.5. The van der Waals surface area contributed by atoms with E-state index >= 15 is 0 Å². The first-order valence-corrected chi connectivity index (χ1v) is 8.23. The zero-order valence-corrected chi connectivity index (χ0v) is 14.0. The van der Waals surface area contributed by atoms with Gasteiger partial charge in [-0.05, 0) is 25.1 Å². The third-order valence-electron chi connectivity index (χ3n) is 4.01. The quantitative estimate of drug-likeness (QED) is 0.580. The number of morpholine rings is 1. The van der Waals surface area contributed by atoms with Gasteiger partial charge in [-0.3, -0.25) is 4.98 Å². The molecule has 0 bridgehead atoms. The molecule has 0 spiro atoms. The van der Waals surface area contributed by atoms with Gasteiger partial charge in [-0.2, -0.15) is 10.1 Å². The van der Waals surface area contributed by atoms with E-state index in [4.69, 9.17) is 4.74 Å². The molecule has 0 saturated carbocycles. The maximum atomic E-state index is 5.46. The first-order valence-electron chi connectivity index (χ1n) is 8.23. The van der Waals surface area contributed by atoms with E-state index in [1.807, 2.05) is 35.8 Å². The molecule has 1 saturated heterocycles. The second-order valence-corrected chi connectivity index (χ2v) is 5.63. The normalized spacial score (nSPS) is 15.2. The van der Waals surface area contributed by atoms with Crippen LogP contribution >= 0.6 is 0 Å². The van der Waals surface area contributed by atoms with Crippen LogP contribution in [0.4, 0.5) is 11.8 Å². The molecule has 0 aromatic carbocycles. The molecule has 1 N–H and O–H groups in total. The summed E-state index contributed by atoms with van der Waals surface area (Å²) in [5.74, 6) is 1.32. The lowest BCUT2D eigenvalue weighted by molar-refractivity contribution is 0.122. The van der Waals surface area contributed by atoms with Crippen molar-refractivity contribution in [2.24, 2.45) is 5.10 Å². The monoisotopic (exact) mass is 337 g/mol. The minimum atomic E-state index is 0.454. The third kappa shape index (κ3) is 3.16. The van der Waals surface area contributed by atoms with E-state index in [-0.39, 0.29) is 0 Å². The Labute approximate surface area is 145 Å². The molecule has 1 fully saturated rings. The summed E-state index contributed by atoms with van der Waals surface area (Å²) in [7, 11) is 0. The van der Waals surface area contributed by atoms with Crippen LogP contribution in [0.15, 0.2) is 41.8 Å². The predicted octanol–water partition coefficient (Wildman–Crippen LogP) is 2.05. The number of hydrazone groups is 1. The minimum absolute atomic E-state index is 0.454. The summed E-state index contributed by atoms with van der Waals surface area (Å²) in [5, 5.41) is 8.54. The molecule has 25 heavy (non-hydrogen) atoms. The standard InChI is InChI=1S/C17H19N7O/c1-2-19-21-17-20-16(23-7-9-25-10-8-23)15-11-13(12-24(15)22-17)14-5-3-4-6-18-14/h2-6,11-12H,7-10H2,1H3,(H,21,22)/b19-2+. The number of pyridine rings is 1. The summed E-state index contributed by atoms with van der Waals surface area (Å²) in [5.41, 5.74) is 5.71. The van der Waals surface area contributed by atoms with Crippen molar-refractivity contribution in [1.82, 2.24) is 19.6 Å². The SMILES string of the molecule is C/C=N/Nc1nc(N2CCOCC2)c2cc(-c3ccccn3)cn2n1. The fourth-order valence-corrected chi connectivity index (χ4v) is 2.83. The summed E-state index contributed by atoms with van der Waals surface area (Å²) in [6.45, 7) is 4.82. The topological polar surface area (TPSA) is 79.9 Å². The van der Waals surface area contributed by atoms with E-state index in [2.05, 4.69) is 36.6 Å². The number of hydrogen-bond donors (Lipinski definition) is 1. The average molecular weight is 337 g/mol. The maximum absolute atomic E-state index is 5.46. The zero-order chi connectivity index (χ0) is 17.1. The van der Waals surface area contributed by atoms with Crippen LogP contribution in [0, 0.1) is 0 Å². The number of ether oxygens (including phenoxy) is 1. The van der Waals surface area contributed by atoms with Gasteiger partial charge in [0.05, 0.1) is 18.9 Å². The summed E-state index contributed by atoms with van der Waals surface area (Å²) >= 11 is 0. The van der Waals surface area contributed by atoms with Crippen molar-refractivity contribution in [3.63, 3.8) is 0 Å². The molecule has 0 unspecified atom stereocenters. The highest BCUT2D eigenvalue weighted by Gasteiger charge is 2.19. The Morgan fingerprint density at radius 2 is 2.16 bits per heavy atom. The van der Waals surface area contributed by atoms with E-state index in [0.717, 1.165) is 35.7 Å². The van der Waals surface area contributed by atoms with Crippen LogP contribution in [0.25, 0.3) is 16.8 Å². The molecule has 3 aromatic heterocycles. The van der Waals surface area contributed by atoms with Crippen LogP contribution in [0.3, 0.4) is 0 Å². The number of anilines is 2. The van der Waals surface area contributed by atoms with E-state index in [9.17, 15) is 0 Å². The summed E-state index contributed by atoms with van der Waals surface area (Å²) < 4.78 is 7.29. The average Bonchev–Trinajstić information content (AvgIpc) is 3.11. The van der Waals surface area contributed by atoms with Crippen molar-refractivity contribution in [1.29, 1.82) is 0 Å². The third-order valence-corrected chi connectivity index (χ3v) is 4.01. The van der Waals surface area contributed by atoms with Crippen molar-refractivity contribution in [2.75, 3.05) is 36.6 Å². The number of fused-ring (bicyclic) bond motifs is 1. The lowest BCUT2D eigenvalue weighted by Gasteiger charge is -2.28. The summed E-state index contributed by atoms with van der Waals surface area (Å²) in [6, 6.07) is 7.93. The van der Waals surface area contributed by atoms with E-state index in [1.54, 1.807) is 12.4 Å². The first kappa shape index (κ1) is 15.5. The Morgan fingerprint density at radius 1 is 1.28 bits per heavy atom. The van der Waals surface area contributed by atoms with Gasteiger partial charge in [0.1, 0.15) is 5.52 Å². The van der Waals surface area contributed by atoms with Gasteiger partial charge in [0, 0.05) is 37.3 Å². The summed E-state index contributed by atoms with van der Waals surface area (Å²) in [6.07, 6.45) is 5.41. The van der Waals surface area contributed by atoms with Gasteiger partial charge in [-0.25, -0.2) is 9.94 Å². The van der Waals surface area contributed by atoms with Gasteiger partial charge < -0.3 is 9.64 Å². The van der Waals surface area contributed by atoms with E-state index in [1.165, 1.54) is 0 Å². The molecule has 128 valence electrons. The molecular weight excluding hydrogens is 318 g/mol. The van der Waals surface area contributed by atoms with Crippen molar-refractivity contribution in [3.05, 3.63) is 36.7 Å². The van der Waals surface area contributed by atoms with E-state index < -0.39 is 0 Å². The molecule has 0 atom stereocenters. The molecule has 1 aliphatic rings. The van der Waals surface area contributed by atoms with Crippen LogP contribution in [-0.4, -0.2) is 52.1 Å². The Morgan fingerprint density at radius 3 is 2.92 bits per heavy atom. The Kier molecular flexibility index (Phi) is 4.26. The van der Waals surface area contributed by atoms with Gasteiger partial charge in [0.2, 0.25) is 0 Å². The largest absolute Gasteiger partial charge is 0.378 e. The molecule has 0 aliphatic carbocycles. The molecule has 4 rings (SSSR count). The van der Waals surface area contributed by atoms with Crippen LogP contribution < -0.4 is 10.3 Å². The molecule has 4 heterocycles. The van der Waals surface area contributed by atoms with Crippen molar-refractivity contribution in [3.8, 4) is 11.3 Å². The van der Waals surface area contributed by atoms with Crippen LogP contribution in [-0.2, 0) is 4.74 Å². The molecule has 8 nitrogen and oxygen atoms in total. The Bertz CT molecular complexity index is 885. The number of rotatable bonds is 4. The Hall–Kier alpha value is -3.00. The van der Waals surface area contributed by atoms with Crippen LogP contribution in [0.1, 0.15) is 6.92 Å². The first-order chi connectivity index (χ1) is 12.3. The van der Waals surface area contributed by atoms with E-state index in [0.29, 0.717) is 19.2 Å². The lowest BCUT2D eigenvalue weighted by Crippen LogP contribution is -2.37. The molecule has 1 aliphatic heterocycles. The zero-order valence-electron chi connectivity index (χ0n) is 14.0. The van der Waals surface area contributed by atoms with Gasteiger partial charge in [0.15, 0.2) is 5.82 Å². The molecule has 0 radical (unpaired) electrons. The predicted molar refractivity (Wildman–Crippen MR) is 97.0 cm³/mol. The second kappa shape index (κ2) is 6.86. The molecular formula is C17H19N7O. The Balaban J connectivity index is 1.82. The number of aromatic nitrogens is 4. The molecule has 3 aromatic rings. The number of hydrogen-bond acceptors (Lipinski definition) is 7. The lowest BCUT2D eigenvalue weighted by atomic mass is 10.2. The fourth-order valence-electron chi connectivity index (χ4n) is 2.83. The number of nitrogens with zero attached hydrogens (tertiary/aromatic N) is 6. The molecule has 8 heteroatoms. The highest BCUT2D eigenvalue weighted by molar-refractivity contribution is 5.77. The maximum Gasteiger partial charge on any atom is 0.263 e. The van der Waals surface area contributed by atoms with Gasteiger partial charge >= 0.3 is 0 Å². The molecule has 0 amide bonds. The number of nitrogens with one attached hydrogen (secondary N) is 1. The van der Waals surface area contributed by atoms with Crippen LogP contribution in [0.2, 0.25) is 0 Å². The van der Waals surface area contributed by atoms with Crippen LogP contribution in [0.5, 0.6) is 0 Å². The van der Waals surface area contributed by atoms with Gasteiger partial charge in [-0.1, -0.05) is 6.07 Å². The van der Waals surface area contributed by atoms with Crippen molar-refractivity contribution in [2.45, 2.75) is 6.92 Å². The smallest absolute Gasteiger partial charge is 0.263 e. The van der Waals surface area contributed by atoms with Crippen molar-refractivity contribution < 1.29 is 4.74 Å². The van der Waals surface area contributed by atoms with Crippen molar-refractivity contribution >= 4 is 23.5 Å². The van der Waals surface area contributed by atoms with Gasteiger partial charge in [0.25, 0.3) is 5.95 Å². The van der Waals surface area contributed by atoms with Gasteiger partial charge in [-0.15, -0.1) is 5.10 Å². The second-order valence-electron chi connectivity index (χ2n) is 5.63.